The lowest BCUT2D eigenvalue weighted by Crippen LogP contribution is -2.34. The maximum Gasteiger partial charge on any atom is 0.418 e. The molecule has 0 atom stereocenters. The molecule has 0 spiro atoms. The zero-order valence-corrected chi connectivity index (χ0v) is 16.6. The largest absolute Gasteiger partial charge is 0.418 e. The quantitative estimate of drug-likeness (QED) is 0.592. The first-order chi connectivity index (χ1) is 13.3. The van der Waals surface area contributed by atoms with Crippen molar-refractivity contribution in [3.8, 4) is 0 Å². The van der Waals surface area contributed by atoms with Gasteiger partial charge in [0.15, 0.2) is 15.8 Å². The van der Waals surface area contributed by atoms with Gasteiger partial charge in [-0.15, -0.1) is 11.3 Å². The molecule has 1 amide bonds. The maximum absolute atomic E-state index is 13.1. The molecule has 11 heteroatoms. The summed E-state index contributed by atoms with van der Waals surface area (Å²) in [5.74, 6) is -0.0375. The number of alkyl halides is 3. The highest BCUT2D eigenvalue weighted by molar-refractivity contribution is 8.00. The molecule has 0 radical (unpaired) electrons. The van der Waals surface area contributed by atoms with E-state index in [1.54, 1.807) is 4.90 Å². The number of carbonyl (C=O) groups excluding carboxylic acids is 1. The second kappa shape index (κ2) is 8.31. The summed E-state index contributed by atoms with van der Waals surface area (Å²) in [6.07, 6.45) is -1.29. The van der Waals surface area contributed by atoms with Gasteiger partial charge in [0.05, 0.1) is 17.8 Å². The third-order valence-electron chi connectivity index (χ3n) is 3.85. The Labute approximate surface area is 167 Å². The van der Waals surface area contributed by atoms with Crippen molar-refractivity contribution in [1.29, 1.82) is 0 Å². The van der Waals surface area contributed by atoms with Crippen molar-refractivity contribution in [2.75, 3.05) is 29.6 Å². The molecule has 6 nitrogen and oxygen atoms in total. The average molecular weight is 427 g/mol. The molecule has 0 aliphatic rings. The van der Waals surface area contributed by atoms with Crippen molar-refractivity contribution in [3.05, 3.63) is 36.2 Å². The molecule has 2 aromatic heterocycles. The Hall–Kier alpha value is -2.40. The first-order valence-electron chi connectivity index (χ1n) is 8.20. The van der Waals surface area contributed by atoms with E-state index in [-0.39, 0.29) is 12.2 Å². The lowest BCUT2D eigenvalue weighted by atomic mass is 10.1. The number of fused-ring (bicyclic) bond motifs is 1. The van der Waals surface area contributed by atoms with Gasteiger partial charge >= 0.3 is 6.18 Å². The van der Waals surface area contributed by atoms with Crippen LogP contribution in [0.5, 0.6) is 0 Å². The number of benzene rings is 1. The van der Waals surface area contributed by atoms with Gasteiger partial charge in [-0.2, -0.15) is 13.2 Å². The van der Waals surface area contributed by atoms with Crippen LogP contribution in [0.25, 0.3) is 10.3 Å². The minimum Gasteiger partial charge on any atom is -0.346 e. The summed E-state index contributed by atoms with van der Waals surface area (Å²) < 4.78 is 40.9. The lowest BCUT2D eigenvalue weighted by Gasteiger charge is -2.22. The Morgan fingerprint density at radius 1 is 1.29 bits per heavy atom. The van der Waals surface area contributed by atoms with E-state index >= 15 is 0 Å². The predicted octanol–water partition coefficient (Wildman–Crippen LogP) is 4.29. The van der Waals surface area contributed by atoms with Crippen molar-refractivity contribution in [2.24, 2.45) is 0 Å². The highest BCUT2D eigenvalue weighted by atomic mass is 32.2. The first-order valence-corrected chi connectivity index (χ1v) is 10.2. The molecule has 0 saturated heterocycles. The number of likely N-dealkylation sites (N-methyl/N-ethyl adjacent to an activating group) is 1. The summed E-state index contributed by atoms with van der Waals surface area (Å²) in [6, 6.07) is 4.88. The van der Waals surface area contributed by atoms with Crippen molar-refractivity contribution in [1.82, 2.24) is 15.0 Å². The highest BCUT2D eigenvalue weighted by Crippen LogP contribution is 2.35. The van der Waals surface area contributed by atoms with Crippen LogP contribution in [0.1, 0.15) is 12.5 Å². The summed E-state index contributed by atoms with van der Waals surface area (Å²) in [5.41, 5.74) is -0.630. The molecule has 1 aromatic carbocycles. The Kier molecular flexibility index (Phi) is 6.04. The topological polar surface area (TPSA) is 71.0 Å². The van der Waals surface area contributed by atoms with Crippen LogP contribution >= 0.6 is 23.1 Å². The van der Waals surface area contributed by atoms with E-state index in [1.807, 2.05) is 13.2 Å². The highest BCUT2D eigenvalue weighted by Gasteiger charge is 2.33. The number of rotatable bonds is 6. The number of halogens is 3. The Morgan fingerprint density at radius 2 is 2.04 bits per heavy atom. The predicted molar refractivity (Wildman–Crippen MR) is 105 cm³/mol. The van der Waals surface area contributed by atoms with Crippen LogP contribution in [-0.4, -0.2) is 40.2 Å². The number of hydrogen-bond acceptors (Lipinski definition) is 7. The van der Waals surface area contributed by atoms with Gasteiger partial charge in [-0.05, 0) is 25.3 Å². The SMILES string of the molecule is CCN(CC(=O)Nc1ccccc1C(F)(F)F)c1ncnc2nc(SC)sc12. The van der Waals surface area contributed by atoms with Gasteiger partial charge in [0, 0.05) is 6.54 Å². The van der Waals surface area contributed by atoms with E-state index in [4.69, 9.17) is 0 Å². The van der Waals surface area contributed by atoms with Crippen LogP contribution in [0.2, 0.25) is 0 Å². The molecule has 0 bridgehead atoms. The summed E-state index contributed by atoms with van der Waals surface area (Å²) >= 11 is 2.89. The number of anilines is 2. The second-order valence-electron chi connectivity index (χ2n) is 5.64. The number of amides is 1. The molecule has 0 saturated carbocycles. The van der Waals surface area contributed by atoms with Gasteiger partial charge in [0.1, 0.15) is 11.0 Å². The van der Waals surface area contributed by atoms with Gasteiger partial charge in [-0.3, -0.25) is 4.79 Å². The van der Waals surface area contributed by atoms with Crippen LogP contribution in [-0.2, 0) is 11.0 Å². The molecule has 28 heavy (non-hydrogen) atoms. The third-order valence-corrected chi connectivity index (χ3v) is 5.88. The minimum atomic E-state index is -4.55. The lowest BCUT2D eigenvalue weighted by molar-refractivity contribution is -0.137. The van der Waals surface area contributed by atoms with E-state index in [0.29, 0.717) is 18.0 Å². The van der Waals surface area contributed by atoms with Crippen LogP contribution in [0, 0.1) is 0 Å². The molecule has 0 aliphatic carbocycles. The number of thioether (sulfide) groups is 1. The fourth-order valence-corrected chi connectivity index (χ4v) is 4.10. The Balaban J connectivity index is 1.83. The van der Waals surface area contributed by atoms with Gasteiger partial charge in [-0.25, -0.2) is 15.0 Å². The van der Waals surface area contributed by atoms with Crippen LogP contribution < -0.4 is 10.2 Å². The molecule has 3 aromatic rings. The minimum absolute atomic E-state index is 0.151. The van der Waals surface area contributed by atoms with E-state index in [2.05, 4.69) is 20.3 Å². The molecule has 148 valence electrons. The molecule has 2 heterocycles. The monoisotopic (exact) mass is 427 g/mol. The molecule has 0 aliphatic heterocycles. The van der Waals surface area contributed by atoms with Crippen molar-refractivity contribution in [2.45, 2.75) is 17.4 Å². The van der Waals surface area contributed by atoms with Gasteiger partial charge in [-0.1, -0.05) is 23.9 Å². The number of nitrogens with zero attached hydrogens (tertiary/aromatic N) is 4. The van der Waals surface area contributed by atoms with Gasteiger partial charge < -0.3 is 10.2 Å². The summed E-state index contributed by atoms with van der Waals surface area (Å²) in [4.78, 5) is 26.9. The van der Waals surface area contributed by atoms with E-state index in [9.17, 15) is 18.0 Å². The van der Waals surface area contributed by atoms with Crippen molar-refractivity contribution < 1.29 is 18.0 Å². The number of thiazole rings is 1. The summed E-state index contributed by atoms with van der Waals surface area (Å²) in [7, 11) is 0. The fraction of sp³-hybridized carbons (Fsp3) is 0.294. The number of para-hydroxylation sites is 1. The molecule has 0 unspecified atom stereocenters. The third kappa shape index (κ3) is 4.36. The first kappa shape index (κ1) is 20.3. The summed E-state index contributed by atoms with van der Waals surface area (Å²) in [5, 5.41) is 2.36. The van der Waals surface area contributed by atoms with Crippen LogP contribution in [0.4, 0.5) is 24.7 Å². The standard InChI is InChI=1S/C17H16F3N5OS2/c1-3-25(15-13-14(21-9-22-15)24-16(27-2)28-13)8-12(26)23-11-7-5-4-6-10(11)17(18,19)20/h4-7,9H,3,8H2,1-2H3,(H,23,26). The molecular formula is C17H16F3N5OS2. The smallest absolute Gasteiger partial charge is 0.346 e. The van der Waals surface area contributed by atoms with E-state index < -0.39 is 17.6 Å². The van der Waals surface area contributed by atoms with Crippen molar-refractivity contribution in [3.63, 3.8) is 0 Å². The molecule has 1 N–H and O–H groups in total. The molecule has 3 rings (SSSR count). The van der Waals surface area contributed by atoms with Crippen molar-refractivity contribution >= 4 is 50.9 Å². The maximum atomic E-state index is 13.1. The van der Waals surface area contributed by atoms with Crippen LogP contribution in [0.3, 0.4) is 0 Å². The Morgan fingerprint density at radius 3 is 2.71 bits per heavy atom. The van der Waals surface area contributed by atoms with Crippen LogP contribution in [0.15, 0.2) is 34.9 Å². The second-order valence-corrected chi connectivity index (χ2v) is 7.69. The summed E-state index contributed by atoms with van der Waals surface area (Å²) in [6.45, 7) is 2.12. The molecule has 0 fully saturated rings. The zero-order valence-electron chi connectivity index (χ0n) is 14.9. The zero-order chi connectivity index (χ0) is 20.3. The average Bonchev–Trinajstić information content (AvgIpc) is 3.09. The number of hydrogen-bond donors (Lipinski definition) is 1. The van der Waals surface area contributed by atoms with Gasteiger partial charge in [0.25, 0.3) is 0 Å². The Bertz CT molecular complexity index is 992. The molecular weight excluding hydrogens is 411 g/mol. The number of nitrogens with one attached hydrogen (secondary N) is 1. The van der Waals surface area contributed by atoms with E-state index in [0.717, 1.165) is 15.1 Å². The fourth-order valence-electron chi connectivity index (χ4n) is 2.57. The number of carbonyl (C=O) groups is 1. The normalized spacial score (nSPS) is 11.6. The van der Waals surface area contributed by atoms with Gasteiger partial charge in [0.2, 0.25) is 5.91 Å². The number of aromatic nitrogens is 3. The van der Waals surface area contributed by atoms with E-state index in [1.165, 1.54) is 47.6 Å².